The van der Waals surface area contributed by atoms with Crippen molar-refractivity contribution in [1.29, 1.82) is 0 Å². The fourth-order valence-electron chi connectivity index (χ4n) is 1.92. The molecule has 0 aliphatic rings. The van der Waals surface area contributed by atoms with Gasteiger partial charge in [0.25, 0.3) is 0 Å². The van der Waals surface area contributed by atoms with Crippen LogP contribution < -0.4 is 10.7 Å². The number of ether oxygens (including phenoxy) is 1. The molecule has 0 aromatic heterocycles. The van der Waals surface area contributed by atoms with Gasteiger partial charge < -0.3 is 10.1 Å². The van der Waals surface area contributed by atoms with E-state index in [9.17, 15) is 14.4 Å². The summed E-state index contributed by atoms with van der Waals surface area (Å²) in [6.45, 7) is 7.06. The van der Waals surface area contributed by atoms with Crippen LogP contribution in [0.3, 0.4) is 0 Å². The largest absolute Gasteiger partial charge is 0.465 e. The van der Waals surface area contributed by atoms with E-state index in [0.29, 0.717) is 16.4 Å². The van der Waals surface area contributed by atoms with E-state index in [0.717, 1.165) is 5.56 Å². The third-order valence-corrected chi connectivity index (χ3v) is 4.15. The van der Waals surface area contributed by atoms with Crippen molar-refractivity contribution >= 4 is 40.8 Å². The van der Waals surface area contributed by atoms with E-state index in [-0.39, 0.29) is 25.4 Å². The Labute approximate surface area is 158 Å². The summed E-state index contributed by atoms with van der Waals surface area (Å²) in [4.78, 5) is 35.4. The Kier molecular flexibility index (Phi) is 8.78. The van der Waals surface area contributed by atoms with Gasteiger partial charge in [-0.3, -0.25) is 14.4 Å². The minimum absolute atomic E-state index is 0.000214. The zero-order valence-corrected chi connectivity index (χ0v) is 16.1. The molecule has 0 spiro atoms. The first-order valence-electron chi connectivity index (χ1n) is 8.30. The average Bonchev–Trinajstić information content (AvgIpc) is 2.61. The molecule has 1 rings (SSSR count). The van der Waals surface area contributed by atoms with Crippen molar-refractivity contribution in [1.82, 2.24) is 5.43 Å². The van der Waals surface area contributed by atoms with Crippen LogP contribution in [0.1, 0.15) is 39.2 Å². The third kappa shape index (κ3) is 6.84. The molecule has 1 aromatic rings. The second-order valence-corrected chi connectivity index (χ2v) is 6.13. The van der Waals surface area contributed by atoms with Crippen LogP contribution in [0.25, 0.3) is 0 Å². The first-order valence-corrected chi connectivity index (χ1v) is 8.68. The highest BCUT2D eigenvalue weighted by Gasteiger charge is 2.17. The number of benzene rings is 1. The third-order valence-electron chi connectivity index (χ3n) is 3.74. The first kappa shape index (κ1) is 21.6. The number of nitrogens with zero attached hydrogens (tertiary/aromatic N) is 1. The number of amides is 2. The second-order valence-electron chi connectivity index (χ2n) is 5.72. The Bertz CT molecular complexity index is 704. The zero-order valence-electron chi connectivity index (χ0n) is 15.4. The van der Waals surface area contributed by atoms with Crippen LogP contribution in [0.15, 0.2) is 23.3 Å². The number of hydrogen-bond donors (Lipinski definition) is 2. The number of halogens is 1. The number of hydrazone groups is 1. The molecule has 8 heteroatoms. The van der Waals surface area contributed by atoms with E-state index in [4.69, 9.17) is 16.3 Å². The van der Waals surface area contributed by atoms with Crippen LogP contribution >= 0.6 is 11.6 Å². The summed E-state index contributed by atoms with van der Waals surface area (Å²) < 4.78 is 4.89. The van der Waals surface area contributed by atoms with E-state index in [2.05, 4.69) is 15.8 Å². The quantitative estimate of drug-likeness (QED) is 0.411. The Morgan fingerprint density at radius 3 is 2.54 bits per heavy atom. The molecule has 0 heterocycles. The summed E-state index contributed by atoms with van der Waals surface area (Å²) in [6, 6.07) is 5.21. The molecule has 0 aliphatic carbocycles. The van der Waals surface area contributed by atoms with Crippen molar-refractivity contribution in [3.8, 4) is 0 Å². The van der Waals surface area contributed by atoms with Crippen LogP contribution in [-0.2, 0) is 19.1 Å². The van der Waals surface area contributed by atoms with Crippen molar-refractivity contribution in [2.75, 3.05) is 11.9 Å². The highest BCUT2D eigenvalue weighted by atomic mass is 35.5. The van der Waals surface area contributed by atoms with E-state index in [1.807, 2.05) is 0 Å². The maximum atomic E-state index is 12.0. The summed E-state index contributed by atoms with van der Waals surface area (Å²) in [5, 5.41) is 7.16. The van der Waals surface area contributed by atoms with E-state index >= 15 is 0 Å². The lowest BCUT2D eigenvalue weighted by Gasteiger charge is -2.10. The van der Waals surface area contributed by atoms with Crippen LogP contribution in [0.5, 0.6) is 0 Å². The molecule has 26 heavy (non-hydrogen) atoms. The summed E-state index contributed by atoms with van der Waals surface area (Å²) in [6.07, 6.45) is -0.0319. The maximum Gasteiger partial charge on any atom is 0.314 e. The molecule has 1 aromatic carbocycles. The fourth-order valence-corrected chi connectivity index (χ4v) is 2.10. The van der Waals surface area contributed by atoms with Gasteiger partial charge in [-0.2, -0.15) is 5.10 Å². The van der Waals surface area contributed by atoms with Gasteiger partial charge in [0, 0.05) is 29.3 Å². The summed E-state index contributed by atoms with van der Waals surface area (Å²) in [5.74, 6) is -1.67. The van der Waals surface area contributed by atoms with Crippen LogP contribution in [0, 0.1) is 12.8 Å². The predicted molar refractivity (Wildman–Crippen MR) is 101 cm³/mol. The fraction of sp³-hybridized carbons (Fsp3) is 0.444. The summed E-state index contributed by atoms with van der Waals surface area (Å²) in [5.41, 5.74) is 4.14. The lowest BCUT2D eigenvalue weighted by molar-refractivity contribution is -0.145. The molecule has 0 aliphatic heterocycles. The molecular weight excluding hydrogens is 358 g/mol. The molecule has 0 saturated heterocycles. The number of carbonyl (C=O) groups is 3. The number of anilines is 1. The van der Waals surface area contributed by atoms with Gasteiger partial charge in [-0.15, -0.1) is 0 Å². The number of nitrogens with one attached hydrogen (secondary N) is 2. The standard InChI is InChI=1S/C18H24ClN3O4/c1-5-26-18(25)11(2)13(4)21-22-17(24)10-9-16(23)20-15-8-6-7-14(19)12(15)3/h6-8,11H,5,9-10H2,1-4H3,(H,20,23)(H,22,24). The van der Waals surface area contributed by atoms with Gasteiger partial charge in [0.1, 0.15) is 0 Å². The van der Waals surface area contributed by atoms with Gasteiger partial charge in [0.05, 0.1) is 12.5 Å². The Hall–Kier alpha value is -2.41. The van der Waals surface area contributed by atoms with Crippen molar-refractivity contribution in [2.45, 2.75) is 40.5 Å². The second kappa shape index (κ2) is 10.6. The van der Waals surface area contributed by atoms with Gasteiger partial charge >= 0.3 is 5.97 Å². The van der Waals surface area contributed by atoms with Crippen LogP contribution in [-0.4, -0.2) is 30.1 Å². The number of esters is 1. The Morgan fingerprint density at radius 2 is 1.88 bits per heavy atom. The van der Waals surface area contributed by atoms with Crippen molar-refractivity contribution in [3.05, 3.63) is 28.8 Å². The molecule has 1 atom stereocenters. The van der Waals surface area contributed by atoms with Crippen LogP contribution in [0.4, 0.5) is 5.69 Å². The van der Waals surface area contributed by atoms with Crippen molar-refractivity contribution in [3.63, 3.8) is 0 Å². The molecule has 0 radical (unpaired) electrons. The van der Waals surface area contributed by atoms with Gasteiger partial charge in [-0.05, 0) is 45.4 Å². The number of carbonyl (C=O) groups excluding carboxylic acids is 3. The van der Waals surface area contributed by atoms with E-state index < -0.39 is 17.8 Å². The summed E-state index contributed by atoms with van der Waals surface area (Å²) in [7, 11) is 0. The molecule has 1 unspecified atom stereocenters. The maximum absolute atomic E-state index is 12.0. The smallest absolute Gasteiger partial charge is 0.314 e. The van der Waals surface area contributed by atoms with Gasteiger partial charge in [-0.25, -0.2) is 5.43 Å². The lowest BCUT2D eigenvalue weighted by atomic mass is 10.1. The minimum atomic E-state index is -0.552. The highest BCUT2D eigenvalue weighted by Crippen LogP contribution is 2.23. The lowest BCUT2D eigenvalue weighted by Crippen LogP contribution is -2.26. The molecule has 0 saturated carbocycles. The van der Waals surface area contributed by atoms with Crippen LogP contribution in [0.2, 0.25) is 5.02 Å². The zero-order chi connectivity index (χ0) is 19.7. The van der Waals surface area contributed by atoms with Gasteiger partial charge in [0.2, 0.25) is 11.8 Å². The van der Waals surface area contributed by atoms with Gasteiger partial charge in [-0.1, -0.05) is 17.7 Å². The molecule has 2 N–H and O–H groups in total. The normalized spacial score (nSPS) is 12.3. The summed E-state index contributed by atoms with van der Waals surface area (Å²) >= 11 is 6.00. The topological polar surface area (TPSA) is 96.9 Å². The molecule has 2 amide bonds. The van der Waals surface area contributed by atoms with Crippen molar-refractivity contribution < 1.29 is 19.1 Å². The first-order chi connectivity index (χ1) is 12.3. The molecular formula is C18H24ClN3O4. The molecule has 0 fully saturated rings. The monoisotopic (exact) mass is 381 g/mol. The van der Waals surface area contributed by atoms with E-state index in [1.165, 1.54) is 0 Å². The Morgan fingerprint density at radius 1 is 1.23 bits per heavy atom. The average molecular weight is 382 g/mol. The highest BCUT2D eigenvalue weighted by molar-refractivity contribution is 6.31. The van der Waals surface area contributed by atoms with Gasteiger partial charge in [0.15, 0.2) is 0 Å². The SMILES string of the molecule is CCOC(=O)C(C)C(C)=NNC(=O)CCC(=O)Nc1cccc(Cl)c1C. The van der Waals surface area contributed by atoms with Crippen molar-refractivity contribution in [2.24, 2.45) is 11.0 Å². The molecule has 0 bridgehead atoms. The minimum Gasteiger partial charge on any atom is -0.465 e. The predicted octanol–water partition coefficient (Wildman–Crippen LogP) is 3.06. The number of rotatable bonds is 8. The number of hydrogen-bond acceptors (Lipinski definition) is 5. The Balaban J connectivity index is 2.46. The molecule has 7 nitrogen and oxygen atoms in total. The van der Waals surface area contributed by atoms with E-state index in [1.54, 1.807) is 45.9 Å². The molecule has 142 valence electrons.